The molecular formula is C23H19N3O3S. The van der Waals surface area contributed by atoms with Crippen LogP contribution in [0.4, 0.5) is 5.13 Å². The summed E-state index contributed by atoms with van der Waals surface area (Å²) < 4.78 is 12.8. The van der Waals surface area contributed by atoms with Crippen molar-refractivity contribution in [2.24, 2.45) is 0 Å². The van der Waals surface area contributed by atoms with Crippen LogP contribution in [0, 0.1) is 6.92 Å². The van der Waals surface area contributed by atoms with Gasteiger partial charge in [0.25, 0.3) is 5.91 Å². The molecule has 1 amide bonds. The maximum Gasteiger partial charge on any atom is 0.273 e. The van der Waals surface area contributed by atoms with Crippen LogP contribution in [0.25, 0.3) is 10.2 Å². The highest BCUT2D eigenvalue weighted by molar-refractivity contribution is 7.22. The number of carbonyl (C=O) groups is 1. The molecule has 0 bridgehead atoms. The first-order chi connectivity index (χ1) is 14.7. The van der Waals surface area contributed by atoms with Crippen molar-refractivity contribution in [2.75, 3.05) is 11.5 Å². The van der Waals surface area contributed by atoms with E-state index in [2.05, 4.69) is 4.98 Å². The smallest absolute Gasteiger partial charge is 0.273 e. The molecule has 6 nitrogen and oxygen atoms in total. The molecule has 0 saturated heterocycles. The van der Waals surface area contributed by atoms with Crippen molar-refractivity contribution >= 4 is 32.6 Å². The number of thiazole rings is 1. The molecule has 0 aliphatic carbocycles. The Bertz CT molecular complexity index is 1210. The minimum Gasteiger partial charge on any atom is -0.485 e. The summed E-state index contributed by atoms with van der Waals surface area (Å²) in [6, 6.07) is 17.2. The second kappa shape index (κ2) is 7.76. The average Bonchev–Trinajstić information content (AvgIpc) is 3.23. The van der Waals surface area contributed by atoms with Gasteiger partial charge in [0, 0.05) is 12.4 Å². The lowest BCUT2D eigenvalue weighted by atomic mass is 10.2. The van der Waals surface area contributed by atoms with E-state index in [0.717, 1.165) is 21.3 Å². The number of amides is 1. The van der Waals surface area contributed by atoms with Crippen LogP contribution < -0.4 is 14.4 Å². The van der Waals surface area contributed by atoms with Gasteiger partial charge in [-0.25, -0.2) is 4.98 Å². The number of pyridine rings is 1. The maximum atomic E-state index is 13.5. The van der Waals surface area contributed by atoms with E-state index in [1.165, 1.54) is 11.3 Å². The van der Waals surface area contributed by atoms with Crippen LogP contribution in [0.15, 0.2) is 67.0 Å². The molecular weight excluding hydrogens is 398 g/mol. The van der Waals surface area contributed by atoms with Crippen molar-refractivity contribution in [3.8, 4) is 11.5 Å². The fraction of sp³-hybridized carbons (Fsp3) is 0.174. The Morgan fingerprint density at radius 3 is 2.80 bits per heavy atom. The van der Waals surface area contributed by atoms with Crippen LogP contribution >= 0.6 is 11.3 Å². The largest absolute Gasteiger partial charge is 0.485 e. The van der Waals surface area contributed by atoms with Gasteiger partial charge < -0.3 is 9.47 Å². The highest BCUT2D eigenvalue weighted by atomic mass is 32.1. The lowest BCUT2D eigenvalue weighted by Gasteiger charge is -2.29. The van der Waals surface area contributed by atoms with E-state index in [1.54, 1.807) is 23.4 Å². The molecule has 7 heteroatoms. The van der Waals surface area contributed by atoms with E-state index in [1.807, 2.05) is 55.5 Å². The van der Waals surface area contributed by atoms with Gasteiger partial charge in [0.05, 0.1) is 16.8 Å². The number of hydrogen-bond donors (Lipinski definition) is 0. The number of hydrogen-bond acceptors (Lipinski definition) is 6. The second-order valence-electron chi connectivity index (χ2n) is 7.07. The summed E-state index contributed by atoms with van der Waals surface area (Å²) in [5.41, 5.74) is 2.90. The number of aryl methyl sites for hydroxylation is 1. The summed E-state index contributed by atoms with van der Waals surface area (Å²) >= 11 is 1.49. The third-order valence-electron chi connectivity index (χ3n) is 4.95. The Balaban J connectivity index is 1.50. The Hall–Kier alpha value is -3.45. The first kappa shape index (κ1) is 18.6. The summed E-state index contributed by atoms with van der Waals surface area (Å²) in [6.45, 7) is 2.53. The second-order valence-corrected chi connectivity index (χ2v) is 8.08. The molecule has 30 heavy (non-hydrogen) atoms. The predicted molar refractivity (Wildman–Crippen MR) is 116 cm³/mol. The van der Waals surface area contributed by atoms with Crippen molar-refractivity contribution in [3.63, 3.8) is 0 Å². The number of nitrogens with zero attached hydrogens (tertiary/aromatic N) is 3. The number of fused-ring (bicyclic) bond motifs is 2. The van der Waals surface area contributed by atoms with E-state index in [0.29, 0.717) is 23.2 Å². The molecule has 0 N–H and O–H groups in total. The van der Waals surface area contributed by atoms with Crippen LogP contribution in [0.2, 0.25) is 0 Å². The first-order valence-electron chi connectivity index (χ1n) is 9.64. The zero-order valence-electron chi connectivity index (χ0n) is 16.3. The molecule has 0 spiro atoms. The number of carbonyl (C=O) groups excluding carboxylic acids is 1. The number of rotatable bonds is 4. The van der Waals surface area contributed by atoms with E-state index in [9.17, 15) is 4.79 Å². The zero-order valence-corrected chi connectivity index (χ0v) is 17.1. The molecule has 3 heterocycles. The summed E-state index contributed by atoms with van der Waals surface area (Å²) in [4.78, 5) is 24.2. The molecule has 1 aliphatic heterocycles. The molecule has 1 aliphatic rings. The first-order valence-corrected chi connectivity index (χ1v) is 10.5. The number of ether oxygens (including phenoxy) is 2. The summed E-state index contributed by atoms with van der Waals surface area (Å²) in [7, 11) is 0. The monoisotopic (exact) mass is 417 g/mol. The molecule has 2 aromatic carbocycles. The van der Waals surface area contributed by atoms with Gasteiger partial charge in [-0.15, -0.1) is 0 Å². The number of aromatic nitrogens is 2. The minimum atomic E-state index is -0.746. The fourth-order valence-corrected chi connectivity index (χ4v) is 4.47. The van der Waals surface area contributed by atoms with Crippen molar-refractivity contribution in [1.82, 2.24) is 9.97 Å². The molecule has 0 unspecified atom stereocenters. The van der Waals surface area contributed by atoms with Crippen LogP contribution in [-0.4, -0.2) is 28.6 Å². The highest BCUT2D eigenvalue weighted by Crippen LogP contribution is 2.34. The van der Waals surface area contributed by atoms with Gasteiger partial charge in [-0.05, 0) is 42.3 Å². The SMILES string of the molecule is Cc1cccc2sc(N(Cc3cccnc3)C(=O)[C@@H]3COc4ccccc4O3)nc12. The molecule has 4 aromatic rings. The van der Waals surface area contributed by atoms with Gasteiger partial charge in [-0.2, -0.15) is 0 Å². The van der Waals surface area contributed by atoms with Gasteiger partial charge in [0.15, 0.2) is 16.6 Å². The number of para-hydroxylation sites is 3. The normalized spacial score (nSPS) is 15.2. The van der Waals surface area contributed by atoms with Gasteiger partial charge in [0.2, 0.25) is 6.10 Å². The fourth-order valence-electron chi connectivity index (χ4n) is 3.42. The summed E-state index contributed by atoms with van der Waals surface area (Å²) in [5, 5.41) is 0.635. The Morgan fingerprint density at radius 2 is 2.00 bits per heavy atom. The molecule has 1 atom stereocenters. The molecule has 0 radical (unpaired) electrons. The zero-order chi connectivity index (χ0) is 20.5. The van der Waals surface area contributed by atoms with E-state index in [4.69, 9.17) is 14.5 Å². The van der Waals surface area contributed by atoms with Crippen molar-refractivity contribution < 1.29 is 14.3 Å². The summed E-state index contributed by atoms with van der Waals surface area (Å²) in [6.07, 6.45) is 2.72. The average molecular weight is 417 g/mol. The highest BCUT2D eigenvalue weighted by Gasteiger charge is 2.33. The van der Waals surface area contributed by atoms with Crippen molar-refractivity contribution in [1.29, 1.82) is 0 Å². The lowest BCUT2D eigenvalue weighted by Crippen LogP contribution is -2.46. The summed E-state index contributed by atoms with van der Waals surface area (Å²) in [5.74, 6) is 1.03. The third kappa shape index (κ3) is 3.48. The van der Waals surface area contributed by atoms with Gasteiger partial charge in [-0.3, -0.25) is 14.7 Å². The van der Waals surface area contributed by atoms with Crippen molar-refractivity contribution in [2.45, 2.75) is 19.6 Å². The Labute approximate surface area is 177 Å². The van der Waals surface area contributed by atoms with Crippen LogP contribution in [0.3, 0.4) is 0 Å². The topological polar surface area (TPSA) is 64.6 Å². The molecule has 5 rings (SSSR count). The van der Waals surface area contributed by atoms with Crippen LogP contribution in [0.1, 0.15) is 11.1 Å². The Morgan fingerprint density at radius 1 is 1.13 bits per heavy atom. The molecule has 0 fully saturated rings. The van der Waals surface area contributed by atoms with E-state index >= 15 is 0 Å². The van der Waals surface area contributed by atoms with Crippen molar-refractivity contribution in [3.05, 3.63) is 78.1 Å². The van der Waals surface area contributed by atoms with Gasteiger partial charge in [-0.1, -0.05) is 41.7 Å². The maximum absolute atomic E-state index is 13.5. The minimum absolute atomic E-state index is 0.156. The third-order valence-corrected chi connectivity index (χ3v) is 6.00. The quantitative estimate of drug-likeness (QED) is 0.493. The van der Waals surface area contributed by atoms with Crippen LogP contribution in [0.5, 0.6) is 11.5 Å². The predicted octanol–water partition coefficient (Wildman–Crippen LogP) is 4.37. The number of benzene rings is 2. The molecule has 150 valence electrons. The Kier molecular flexibility index (Phi) is 4.80. The lowest BCUT2D eigenvalue weighted by molar-refractivity contribution is -0.127. The van der Waals surface area contributed by atoms with Gasteiger partial charge in [0.1, 0.15) is 6.61 Å². The van der Waals surface area contributed by atoms with E-state index < -0.39 is 6.10 Å². The van der Waals surface area contributed by atoms with Gasteiger partial charge >= 0.3 is 0 Å². The standard InChI is InChI=1S/C23H19N3O3S/c1-15-6-4-10-20-21(15)25-23(30-20)26(13-16-7-5-11-24-12-16)22(27)19-14-28-17-8-2-3-9-18(17)29-19/h2-12,19H,13-14H2,1H3/t19-/m0/s1. The molecule has 2 aromatic heterocycles. The molecule has 0 saturated carbocycles. The van der Waals surface area contributed by atoms with Crippen LogP contribution in [-0.2, 0) is 11.3 Å². The van der Waals surface area contributed by atoms with E-state index in [-0.39, 0.29) is 12.5 Å². The number of anilines is 1.